The highest BCUT2D eigenvalue weighted by Crippen LogP contribution is 2.34. The van der Waals surface area contributed by atoms with E-state index in [2.05, 4.69) is 10.0 Å². The van der Waals surface area contributed by atoms with Crippen molar-refractivity contribution in [3.05, 3.63) is 42.5 Å². The van der Waals surface area contributed by atoms with E-state index in [1.165, 1.54) is 25.0 Å². The summed E-state index contributed by atoms with van der Waals surface area (Å²) >= 11 is 0. The molecule has 120 valence electrons. The first-order valence-corrected chi connectivity index (χ1v) is 8.87. The molecule has 0 saturated heterocycles. The van der Waals surface area contributed by atoms with Gasteiger partial charge in [0.05, 0.1) is 4.90 Å². The van der Waals surface area contributed by atoms with E-state index in [1.807, 2.05) is 12.1 Å². The maximum Gasteiger partial charge on any atom is 0.262 e. The first-order chi connectivity index (χ1) is 11.1. The number of anilines is 2. The molecule has 2 N–H and O–H groups in total. The number of fused-ring (bicyclic) bond motifs is 1. The van der Waals surface area contributed by atoms with E-state index in [-0.39, 0.29) is 11.7 Å². The Morgan fingerprint density at radius 2 is 1.61 bits per heavy atom. The summed E-state index contributed by atoms with van der Waals surface area (Å²) in [7, 11) is -3.66. The van der Waals surface area contributed by atoms with Crippen molar-refractivity contribution < 1.29 is 17.9 Å². The average molecular weight is 332 g/mol. The molecule has 1 aliphatic heterocycles. The predicted octanol–water partition coefficient (Wildman–Crippen LogP) is 2.79. The highest BCUT2D eigenvalue weighted by atomic mass is 32.2. The molecule has 1 fully saturated rings. The highest BCUT2D eigenvalue weighted by molar-refractivity contribution is 7.92. The lowest BCUT2D eigenvalue weighted by molar-refractivity contribution is 0.174. The van der Waals surface area contributed by atoms with Crippen molar-refractivity contribution >= 4 is 21.4 Å². The Bertz CT molecular complexity index is 830. The van der Waals surface area contributed by atoms with Crippen LogP contribution in [-0.2, 0) is 10.0 Å². The zero-order valence-electron chi connectivity index (χ0n) is 12.3. The maximum atomic E-state index is 12.5. The summed E-state index contributed by atoms with van der Waals surface area (Å²) in [4.78, 5) is 0.141. The summed E-state index contributed by atoms with van der Waals surface area (Å²) in [6.07, 6.45) is 2.39. The minimum Gasteiger partial charge on any atom is -0.454 e. The van der Waals surface area contributed by atoms with Gasteiger partial charge in [-0.2, -0.15) is 0 Å². The van der Waals surface area contributed by atoms with Gasteiger partial charge in [-0.25, -0.2) is 8.42 Å². The predicted molar refractivity (Wildman–Crippen MR) is 86.5 cm³/mol. The fourth-order valence-corrected chi connectivity index (χ4v) is 3.43. The molecule has 0 atom stereocenters. The first kappa shape index (κ1) is 14.2. The fourth-order valence-electron chi connectivity index (χ4n) is 2.36. The zero-order valence-corrected chi connectivity index (χ0v) is 13.1. The van der Waals surface area contributed by atoms with Crippen LogP contribution in [0.1, 0.15) is 12.8 Å². The molecule has 23 heavy (non-hydrogen) atoms. The Kier molecular flexibility index (Phi) is 3.30. The maximum absolute atomic E-state index is 12.5. The number of hydrogen-bond donors (Lipinski definition) is 2. The van der Waals surface area contributed by atoms with Gasteiger partial charge in [-0.3, -0.25) is 4.72 Å². The van der Waals surface area contributed by atoms with E-state index in [9.17, 15) is 8.42 Å². The van der Waals surface area contributed by atoms with Crippen molar-refractivity contribution in [3.8, 4) is 11.5 Å². The summed E-state index contributed by atoms with van der Waals surface area (Å²) in [5.74, 6) is 0.997. The molecule has 0 amide bonds. The van der Waals surface area contributed by atoms with E-state index in [1.54, 1.807) is 18.2 Å². The second kappa shape index (κ2) is 5.34. The van der Waals surface area contributed by atoms with Gasteiger partial charge in [-0.1, -0.05) is 0 Å². The van der Waals surface area contributed by atoms with Crippen LogP contribution in [0, 0.1) is 0 Å². The quantitative estimate of drug-likeness (QED) is 0.880. The Morgan fingerprint density at radius 3 is 2.35 bits per heavy atom. The SMILES string of the molecule is O=S(=O)(Nc1ccc(NC2CC2)cc1)c1ccc2c(c1)OCO2. The summed E-state index contributed by atoms with van der Waals surface area (Å²) in [5.41, 5.74) is 1.52. The summed E-state index contributed by atoms with van der Waals surface area (Å²) in [5, 5.41) is 3.36. The molecule has 1 saturated carbocycles. The highest BCUT2D eigenvalue weighted by Gasteiger charge is 2.22. The molecular formula is C16H16N2O4S. The molecule has 1 heterocycles. The lowest BCUT2D eigenvalue weighted by Gasteiger charge is -2.10. The molecule has 0 aromatic heterocycles. The van der Waals surface area contributed by atoms with Crippen LogP contribution in [0.4, 0.5) is 11.4 Å². The molecule has 0 bridgehead atoms. The third kappa shape index (κ3) is 3.05. The largest absolute Gasteiger partial charge is 0.454 e. The van der Waals surface area contributed by atoms with Gasteiger partial charge in [-0.15, -0.1) is 0 Å². The smallest absolute Gasteiger partial charge is 0.262 e. The molecular weight excluding hydrogens is 316 g/mol. The van der Waals surface area contributed by atoms with Crippen molar-refractivity contribution in [1.29, 1.82) is 0 Å². The van der Waals surface area contributed by atoms with Crippen LogP contribution in [0.5, 0.6) is 11.5 Å². The lowest BCUT2D eigenvalue weighted by Crippen LogP contribution is -2.13. The molecule has 0 spiro atoms. The Labute approximate surface area is 134 Å². The molecule has 2 aliphatic rings. The van der Waals surface area contributed by atoms with Crippen LogP contribution in [0.3, 0.4) is 0 Å². The normalized spacial score (nSPS) is 16.2. The average Bonchev–Trinajstić information content (AvgIpc) is 3.22. The van der Waals surface area contributed by atoms with Gasteiger partial charge < -0.3 is 14.8 Å². The number of ether oxygens (including phenoxy) is 2. The van der Waals surface area contributed by atoms with Gasteiger partial charge in [0.15, 0.2) is 11.5 Å². The molecule has 2 aromatic carbocycles. The van der Waals surface area contributed by atoms with Crippen LogP contribution >= 0.6 is 0 Å². The van der Waals surface area contributed by atoms with Gasteiger partial charge in [0.1, 0.15) is 0 Å². The molecule has 0 unspecified atom stereocenters. The van der Waals surface area contributed by atoms with Crippen LogP contribution in [0.2, 0.25) is 0 Å². The van der Waals surface area contributed by atoms with Crippen LogP contribution in [0.15, 0.2) is 47.4 Å². The summed E-state index contributed by atoms with van der Waals surface area (Å²) in [6, 6.07) is 12.4. The Balaban J connectivity index is 1.52. The monoisotopic (exact) mass is 332 g/mol. The van der Waals surface area contributed by atoms with Gasteiger partial charge >= 0.3 is 0 Å². The molecule has 1 aliphatic carbocycles. The van der Waals surface area contributed by atoms with Crippen molar-refractivity contribution in [2.75, 3.05) is 16.8 Å². The van der Waals surface area contributed by atoms with Crippen LogP contribution < -0.4 is 19.5 Å². The Morgan fingerprint density at radius 1 is 0.913 bits per heavy atom. The molecule has 7 heteroatoms. The number of benzene rings is 2. The first-order valence-electron chi connectivity index (χ1n) is 7.39. The minimum atomic E-state index is -3.66. The number of hydrogen-bond acceptors (Lipinski definition) is 5. The van der Waals surface area contributed by atoms with E-state index in [4.69, 9.17) is 9.47 Å². The summed E-state index contributed by atoms with van der Waals surface area (Å²) in [6.45, 7) is 0.113. The van der Waals surface area contributed by atoms with E-state index >= 15 is 0 Å². The van der Waals surface area contributed by atoms with E-state index in [0.29, 0.717) is 23.2 Å². The molecule has 6 nitrogen and oxygen atoms in total. The van der Waals surface area contributed by atoms with Gasteiger partial charge in [0.25, 0.3) is 10.0 Å². The topological polar surface area (TPSA) is 76.7 Å². The molecule has 0 radical (unpaired) electrons. The van der Waals surface area contributed by atoms with Crippen LogP contribution in [0.25, 0.3) is 0 Å². The van der Waals surface area contributed by atoms with Crippen molar-refractivity contribution in [3.63, 3.8) is 0 Å². The van der Waals surface area contributed by atoms with Gasteiger partial charge in [-0.05, 0) is 49.2 Å². The number of sulfonamides is 1. The van der Waals surface area contributed by atoms with Crippen molar-refractivity contribution in [2.45, 2.75) is 23.8 Å². The zero-order chi connectivity index (χ0) is 15.9. The molecule has 4 rings (SSSR count). The van der Waals surface area contributed by atoms with Crippen molar-refractivity contribution in [1.82, 2.24) is 0 Å². The molecule has 2 aromatic rings. The Hall–Kier alpha value is -2.41. The third-order valence-corrected chi connectivity index (χ3v) is 5.12. The van der Waals surface area contributed by atoms with Crippen LogP contribution in [-0.4, -0.2) is 21.3 Å². The lowest BCUT2D eigenvalue weighted by atomic mass is 10.3. The van der Waals surface area contributed by atoms with Crippen molar-refractivity contribution in [2.24, 2.45) is 0 Å². The van der Waals surface area contributed by atoms with E-state index in [0.717, 1.165) is 5.69 Å². The standard InChI is InChI=1S/C16H16N2O4S/c19-23(20,14-7-8-15-16(9-14)22-10-21-15)18-13-5-3-12(4-6-13)17-11-1-2-11/h3-9,11,17-18H,1-2,10H2. The summed E-state index contributed by atoms with van der Waals surface area (Å²) < 4.78 is 37.9. The number of rotatable bonds is 5. The fraction of sp³-hybridized carbons (Fsp3) is 0.250. The van der Waals surface area contributed by atoms with Gasteiger partial charge in [0, 0.05) is 23.5 Å². The second-order valence-corrected chi connectivity index (χ2v) is 7.30. The van der Waals surface area contributed by atoms with Gasteiger partial charge in [0.2, 0.25) is 6.79 Å². The minimum absolute atomic E-state index is 0.113. The third-order valence-electron chi connectivity index (χ3n) is 3.74. The number of nitrogens with one attached hydrogen (secondary N) is 2. The second-order valence-electron chi connectivity index (χ2n) is 5.62. The van der Waals surface area contributed by atoms with E-state index < -0.39 is 10.0 Å².